The second kappa shape index (κ2) is 6.48. The quantitative estimate of drug-likeness (QED) is 0.837. The second-order valence-electron chi connectivity index (χ2n) is 5.49. The van der Waals surface area contributed by atoms with Crippen molar-refractivity contribution in [1.29, 1.82) is 0 Å². The fourth-order valence-corrected chi connectivity index (χ4v) is 2.69. The van der Waals surface area contributed by atoms with Crippen LogP contribution in [-0.2, 0) is 17.7 Å². The Hall–Kier alpha value is -2.55. The lowest BCUT2D eigenvalue weighted by Gasteiger charge is -2.21. The molecule has 1 saturated heterocycles. The molecule has 3 nitrogen and oxygen atoms in total. The Morgan fingerprint density at radius 2 is 1.82 bits per heavy atom. The number of benzene rings is 2. The van der Waals surface area contributed by atoms with E-state index < -0.39 is 0 Å². The van der Waals surface area contributed by atoms with Gasteiger partial charge in [0, 0.05) is 6.54 Å². The second-order valence-corrected chi connectivity index (χ2v) is 5.49. The Kier molecular flexibility index (Phi) is 4.24. The van der Waals surface area contributed by atoms with E-state index in [1.54, 1.807) is 0 Å². The number of hydrogen-bond acceptors (Lipinski definition) is 2. The van der Waals surface area contributed by atoms with Crippen molar-refractivity contribution in [3.63, 3.8) is 0 Å². The van der Waals surface area contributed by atoms with Gasteiger partial charge in [0.05, 0.1) is 6.04 Å². The maximum absolute atomic E-state index is 12.0. The molecule has 1 heterocycles. The van der Waals surface area contributed by atoms with Crippen LogP contribution in [0.1, 0.15) is 16.7 Å². The molecule has 0 radical (unpaired) electrons. The molecule has 3 rings (SSSR count). The Morgan fingerprint density at radius 3 is 2.50 bits per heavy atom. The zero-order valence-electron chi connectivity index (χ0n) is 12.4. The van der Waals surface area contributed by atoms with Gasteiger partial charge >= 0.3 is 6.09 Å². The molecule has 2 aromatic rings. The first-order valence-electron chi connectivity index (χ1n) is 7.45. The van der Waals surface area contributed by atoms with Gasteiger partial charge in [-0.15, -0.1) is 0 Å². The topological polar surface area (TPSA) is 29.5 Å². The molecule has 0 saturated carbocycles. The van der Waals surface area contributed by atoms with E-state index in [0.717, 1.165) is 17.5 Å². The molecule has 2 aromatic carbocycles. The van der Waals surface area contributed by atoms with Crippen LogP contribution in [0.5, 0.6) is 0 Å². The maximum Gasteiger partial charge on any atom is 0.410 e. The van der Waals surface area contributed by atoms with Crippen molar-refractivity contribution in [2.24, 2.45) is 0 Å². The summed E-state index contributed by atoms with van der Waals surface area (Å²) in [6.45, 7) is 4.78. The van der Waals surface area contributed by atoms with E-state index in [0.29, 0.717) is 13.2 Å². The summed E-state index contributed by atoms with van der Waals surface area (Å²) in [5.74, 6) is 0. The first-order valence-corrected chi connectivity index (χ1v) is 7.45. The Bertz CT molecular complexity index is 649. The van der Waals surface area contributed by atoms with Crippen LogP contribution in [0, 0.1) is 0 Å². The molecule has 1 fully saturated rings. The van der Waals surface area contributed by atoms with Gasteiger partial charge in [0.2, 0.25) is 0 Å². The number of cyclic esters (lactones) is 1. The van der Waals surface area contributed by atoms with Crippen LogP contribution >= 0.6 is 0 Å². The predicted octanol–water partition coefficient (Wildman–Crippen LogP) is 3.89. The van der Waals surface area contributed by atoms with Gasteiger partial charge in [0.1, 0.15) is 6.61 Å². The third-order valence-corrected chi connectivity index (χ3v) is 3.96. The lowest BCUT2D eigenvalue weighted by Crippen LogP contribution is -2.34. The van der Waals surface area contributed by atoms with E-state index in [4.69, 9.17) is 4.74 Å². The van der Waals surface area contributed by atoms with Crippen LogP contribution in [0.2, 0.25) is 0 Å². The molecular formula is C19H19NO2. The van der Waals surface area contributed by atoms with E-state index in [1.165, 1.54) is 5.56 Å². The molecular weight excluding hydrogens is 274 g/mol. The number of rotatable bonds is 5. The average molecular weight is 293 g/mol. The van der Waals surface area contributed by atoms with Gasteiger partial charge in [-0.05, 0) is 23.1 Å². The SMILES string of the molecule is C=Cc1ccc(CN2C(=O)OC[C@@H]2Cc2ccccc2)cc1. The first kappa shape index (κ1) is 14.4. The Labute approximate surface area is 130 Å². The smallest absolute Gasteiger partial charge is 0.410 e. The summed E-state index contributed by atoms with van der Waals surface area (Å²) in [5, 5.41) is 0. The molecule has 0 N–H and O–H groups in total. The van der Waals surface area contributed by atoms with Gasteiger partial charge in [0.25, 0.3) is 0 Å². The van der Waals surface area contributed by atoms with E-state index in [1.807, 2.05) is 53.4 Å². The minimum atomic E-state index is -0.228. The normalized spacial score (nSPS) is 17.4. The van der Waals surface area contributed by atoms with E-state index in [9.17, 15) is 4.79 Å². The fraction of sp³-hybridized carbons (Fsp3) is 0.211. The molecule has 0 spiro atoms. The van der Waals surface area contributed by atoms with Gasteiger partial charge in [-0.25, -0.2) is 4.79 Å². The summed E-state index contributed by atoms with van der Waals surface area (Å²) in [4.78, 5) is 13.8. The van der Waals surface area contributed by atoms with Crippen LogP contribution in [0.4, 0.5) is 4.79 Å². The molecule has 3 heteroatoms. The Balaban J connectivity index is 1.71. The molecule has 1 aliphatic heterocycles. The average Bonchev–Trinajstić information content (AvgIpc) is 2.90. The molecule has 1 atom stereocenters. The summed E-state index contributed by atoms with van der Waals surface area (Å²) in [6.07, 6.45) is 2.40. The highest BCUT2D eigenvalue weighted by Crippen LogP contribution is 2.20. The van der Waals surface area contributed by atoms with Crippen molar-refractivity contribution in [3.05, 3.63) is 77.9 Å². The van der Waals surface area contributed by atoms with Gasteiger partial charge in [0.15, 0.2) is 0 Å². The minimum Gasteiger partial charge on any atom is -0.447 e. The first-order chi connectivity index (χ1) is 10.8. The summed E-state index contributed by atoms with van der Waals surface area (Å²) in [6, 6.07) is 18.4. The van der Waals surface area contributed by atoms with Gasteiger partial charge in [-0.2, -0.15) is 0 Å². The van der Waals surface area contributed by atoms with Crippen LogP contribution < -0.4 is 0 Å². The third-order valence-electron chi connectivity index (χ3n) is 3.96. The molecule has 1 aliphatic rings. The summed E-state index contributed by atoms with van der Waals surface area (Å²) in [5.41, 5.74) is 3.40. The number of amides is 1. The molecule has 0 bridgehead atoms. The zero-order valence-corrected chi connectivity index (χ0v) is 12.4. The highest BCUT2D eigenvalue weighted by atomic mass is 16.6. The number of carbonyl (C=O) groups is 1. The van der Waals surface area contributed by atoms with Gasteiger partial charge in [-0.1, -0.05) is 67.3 Å². The fourth-order valence-electron chi connectivity index (χ4n) is 2.69. The predicted molar refractivity (Wildman–Crippen MR) is 87.4 cm³/mol. The van der Waals surface area contributed by atoms with Gasteiger partial charge in [-0.3, -0.25) is 4.90 Å². The van der Waals surface area contributed by atoms with Crippen molar-refractivity contribution in [2.75, 3.05) is 6.61 Å². The summed E-state index contributed by atoms with van der Waals surface area (Å²) in [7, 11) is 0. The van der Waals surface area contributed by atoms with Crippen LogP contribution in [0.3, 0.4) is 0 Å². The lowest BCUT2D eigenvalue weighted by molar-refractivity contribution is 0.156. The van der Waals surface area contributed by atoms with E-state index in [2.05, 4.69) is 18.7 Å². The van der Waals surface area contributed by atoms with Crippen molar-refractivity contribution in [3.8, 4) is 0 Å². The number of ether oxygens (including phenoxy) is 1. The van der Waals surface area contributed by atoms with Crippen LogP contribution in [0.25, 0.3) is 6.08 Å². The largest absolute Gasteiger partial charge is 0.447 e. The highest BCUT2D eigenvalue weighted by molar-refractivity contribution is 5.70. The van der Waals surface area contributed by atoms with Crippen molar-refractivity contribution < 1.29 is 9.53 Å². The lowest BCUT2D eigenvalue weighted by atomic mass is 10.0. The van der Waals surface area contributed by atoms with Crippen molar-refractivity contribution in [1.82, 2.24) is 4.90 Å². The third kappa shape index (κ3) is 3.19. The number of hydrogen-bond donors (Lipinski definition) is 0. The molecule has 0 unspecified atom stereocenters. The molecule has 112 valence electrons. The molecule has 0 aromatic heterocycles. The highest BCUT2D eigenvalue weighted by Gasteiger charge is 2.32. The standard InChI is InChI=1S/C19H19NO2/c1-2-15-8-10-17(11-9-15)13-20-18(14-22-19(20)21)12-16-6-4-3-5-7-16/h2-11,18H,1,12-14H2/t18-/m0/s1. The van der Waals surface area contributed by atoms with Crippen molar-refractivity contribution in [2.45, 2.75) is 19.0 Å². The monoisotopic (exact) mass is 293 g/mol. The summed E-state index contributed by atoms with van der Waals surface area (Å²) < 4.78 is 5.24. The molecule has 22 heavy (non-hydrogen) atoms. The molecule has 0 aliphatic carbocycles. The maximum atomic E-state index is 12.0. The van der Waals surface area contributed by atoms with Gasteiger partial charge < -0.3 is 4.74 Å². The van der Waals surface area contributed by atoms with Crippen LogP contribution in [0.15, 0.2) is 61.2 Å². The minimum absolute atomic E-state index is 0.0916. The number of carbonyl (C=O) groups excluding carboxylic acids is 1. The van der Waals surface area contributed by atoms with E-state index >= 15 is 0 Å². The van der Waals surface area contributed by atoms with E-state index in [-0.39, 0.29) is 12.1 Å². The summed E-state index contributed by atoms with van der Waals surface area (Å²) >= 11 is 0. The van der Waals surface area contributed by atoms with Crippen LogP contribution in [-0.4, -0.2) is 23.6 Å². The zero-order chi connectivity index (χ0) is 15.4. The number of nitrogens with zero attached hydrogens (tertiary/aromatic N) is 1. The van der Waals surface area contributed by atoms with Crippen molar-refractivity contribution >= 4 is 12.2 Å². The Morgan fingerprint density at radius 1 is 1.09 bits per heavy atom. The molecule has 1 amide bonds.